The van der Waals surface area contributed by atoms with Gasteiger partial charge < -0.3 is 9.64 Å². The van der Waals surface area contributed by atoms with E-state index in [0.717, 1.165) is 29.8 Å². The van der Waals surface area contributed by atoms with Gasteiger partial charge in [-0.15, -0.1) is 0 Å². The summed E-state index contributed by atoms with van der Waals surface area (Å²) in [5, 5.41) is 3.40. The lowest BCUT2D eigenvalue weighted by atomic mass is 10.1. The van der Waals surface area contributed by atoms with Gasteiger partial charge in [-0.25, -0.2) is 0 Å². The first-order valence-electron chi connectivity index (χ1n) is 7.69. The van der Waals surface area contributed by atoms with Crippen LogP contribution in [0, 0.1) is 12.8 Å². The molecule has 1 N–H and O–H groups in total. The second-order valence-electron chi connectivity index (χ2n) is 6.02. The van der Waals surface area contributed by atoms with E-state index in [4.69, 9.17) is 4.74 Å². The van der Waals surface area contributed by atoms with Gasteiger partial charge in [0.25, 0.3) is 0 Å². The molecule has 1 aromatic carbocycles. The van der Waals surface area contributed by atoms with Crippen LogP contribution < -0.4 is 10.1 Å². The van der Waals surface area contributed by atoms with E-state index in [1.807, 2.05) is 30.9 Å². The van der Waals surface area contributed by atoms with Crippen LogP contribution >= 0.6 is 0 Å². The summed E-state index contributed by atoms with van der Waals surface area (Å²) in [5.41, 5.74) is 2.21. The molecule has 2 rings (SSSR count). The minimum absolute atomic E-state index is 0.0360. The van der Waals surface area contributed by atoms with E-state index in [9.17, 15) is 4.79 Å². The van der Waals surface area contributed by atoms with E-state index in [1.165, 1.54) is 0 Å². The average molecular weight is 290 g/mol. The van der Waals surface area contributed by atoms with E-state index in [-0.39, 0.29) is 18.1 Å². The molecular weight excluding hydrogens is 264 g/mol. The van der Waals surface area contributed by atoms with Crippen molar-refractivity contribution < 1.29 is 9.53 Å². The van der Waals surface area contributed by atoms with Crippen molar-refractivity contribution in [1.29, 1.82) is 0 Å². The molecule has 0 aliphatic carbocycles. The topological polar surface area (TPSA) is 41.6 Å². The van der Waals surface area contributed by atoms with E-state index >= 15 is 0 Å². The van der Waals surface area contributed by atoms with Crippen molar-refractivity contribution in [2.75, 3.05) is 13.7 Å². The maximum atomic E-state index is 12.4. The minimum atomic E-state index is -0.124. The van der Waals surface area contributed by atoms with Crippen LogP contribution in [0.15, 0.2) is 18.2 Å². The molecule has 116 valence electrons. The number of nitrogens with one attached hydrogen (secondary N) is 1. The normalized spacial score (nSPS) is 23.5. The number of amides is 1. The summed E-state index contributed by atoms with van der Waals surface area (Å²) in [6.45, 7) is 9.10. The maximum absolute atomic E-state index is 12.4. The highest BCUT2D eigenvalue weighted by atomic mass is 16.5. The van der Waals surface area contributed by atoms with Crippen LogP contribution in [0.5, 0.6) is 5.75 Å². The number of hydrogen-bond donors (Lipinski definition) is 1. The molecular formula is C17H26N2O2. The zero-order chi connectivity index (χ0) is 15.6. The Morgan fingerprint density at radius 2 is 2.14 bits per heavy atom. The first kappa shape index (κ1) is 15.8. The number of carbonyl (C=O) groups is 1. The third kappa shape index (κ3) is 3.21. The van der Waals surface area contributed by atoms with E-state index < -0.39 is 0 Å². The van der Waals surface area contributed by atoms with Gasteiger partial charge in [0.1, 0.15) is 11.9 Å². The molecule has 21 heavy (non-hydrogen) atoms. The Balaban J connectivity index is 2.27. The Hall–Kier alpha value is -1.55. The number of ether oxygens (including phenoxy) is 1. The molecule has 3 unspecified atom stereocenters. The Morgan fingerprint density at radius 3 is 2.71 bits per heavy atom. The SMILES string of the molecule is CCC(C)CN1C(=O)C(C)NC1c1ccc(OC)c(C)c1. The van der Waals surface area contributed by atoms with Crippen LogP contribution in [0.4, 0.5) is 0 Å². The molecule has 0 bridgehead atoms. The first-order valence-corrected chi connectivity index (χ1v) is 7.69. The molecule has 4 nitrogen and oxygen atoms in total. The standard InChI is InChI=1S/C17H26N2O2/c1-6-11(2)10-19-16(18-13(4)17(19)20)14-7-8-15(21-5)12(3)9-14/h7-9,11,13,16,18H,6,10H2,1-5H3. The second kappa shape index (κ2) is 6.48. The molecule has 0 radical (unpaired) electrons. The monoisotopic (exact) mass is 290 g/mol. The summed E-state index contributed by atoms with van der Waals surface area (Å²) in [7, 11) is 1.68. The van der Waals surface area contributed by atoms with Crippen molar-refractivity contribution in [3.05, 3.63) is 29.3 Å². The van der Waals surface area contributed by atoms with Crippen LogP contribution in [0.1, 0.15) is 44.5 Å². The van der Waals surface area contributed by atoms with Gasteiger partial charge in [-0.2, -0.15) is 0 Å². The van der Waals surface area contributed by atoms with Gasteiger partial charge in [0.2, 0.25) is 5.91 Å². The first-order chi connectivity index (χ1) is 9.97. The molecule has 1 saturated heterocycles. The summed E-state index contributed by atoms with van der Waals surface area (Å²) in [4.78, 5) is 14.4. The molecule has 0 aromatic heterocycles. The van der Waals surface area contributed by atoms with Crippen LogP contribution in [0.3, 0.4) is 0 Å². The number of hydrogen-bond acceptors (Lipinski definition) is 3. The Bertz CT molecular complexity index is 516. The molecule has 1 heterocycles. The average Bonchev–Trinajstić information content (AvgIpc) is 2.75. The fourth-order valence-corrected chi connectivity index (χ4v) is 2.78. The van der Waals surface area contributed by atoms with Gasteiger partial charge in [0, 0.05) is 6.54 Å². The third-order valence-electron chi connectivity index (χ3n) is 4.31. The van der Waals surface area contributed by atoms with Gasteiger partial charge in [-0.1, -0.05) is 26.3 Å². The molecule has 1 aromatic rings. The lowest BCUT2D eigenvalue weighted by Gasteiger charge is -2.27. The predicted molar refractivity (Wildman–Crippen MR) is 84.2 cm³/mol. The van der Waals surface area contributed by atoms with Gasteiger partial charge in [-0.3, -0.25) is 10.1 Å². The zero-order valence-corrected chi connectivity index (χ0v) is 13.6. The Morgan fingerprint density at radius 1 is 1.43 bits per heavy atom. The van der Waals surface area contributed by atoms with E-state index in [2.05, 4.69) is 25.2 Å². The highest BCUT2D eigenvalue weighted by molar-refractivity contribution is 5.84. The molecule has 1 fully saturated rings. The van der Waals surface area contributed by atoms with Crippen molar-refractivity contribution in [3.8, 4) is 5.75 Å². The van der Waals surface area contributed by atoms with E-state index in [1.54, 1.807) is 7.11 Å². The Kier molecular flexibility index (Phi) is 4.88. The van der Waals surface area contributed by atoms with Gasteiger partial charge in [-0.05, 0) is 43.0 Å². The number of benzene rings is 1. The highest BCUT2D eigenvalue weighted by Crippen LogP contribution is 2.29. The van der Waals surface area contributed by atoms with Crippen LogP contribution in [-0.4, -0.2) is 30.5 Å². The molecule has 0 saturated carbocycles. The summed E-state index contributed by atoms with van der Waals surface area (Å²) in [6.07, 6.45) is 1.04. The van der Waals surface area contributed by atoms with Crippen molar-refractivity contribution in [2.24, 2.45) is 5.92 Å². The van der Waals surface area contributed by atoms with Gasteiger partial charge in [0.15, 0.2) is 0 Å². The maximum Gasteiger partial charge on any atom is 0.241 e. The van der Waals surface area contributed by atoms with Crippen LogP contribution in [0.25, 0.3) is 0 Å². The largest absolute Gasteiger partial charge is 0.496 e. The molecule has 0 spiro atoms. The van der Waals surface area contributed by atoms with Gasteiger partial charge >= 0.3 is 0 Å². The predicted octanol–water partition coefficient (Wildman–Crippen LogP) is 2.87. The Labute approximate surface area is 127 Å². The number of nitrogens with zero attached hydrogens (tertiary/aromatic N) is 1. The number of rotatable bonds is 5. The van der Waals surface area contributed by atoms with Gasteiger partial charge in [0.05, 0.1) is 13.2 Å². The van der Waals surface area contributed by atoms with Crippen molar-refractivity contribution in [1.82, 2.24) is 10.2 Å². The molecule has 1 amide bonds. The lowest BCUT2D eigenvalue weighted by molar-refractivity contribution is -0.130. The molecule has 1 aliphatic rings. The summed E-state index contributed by atoms with van der Waals surface area (Å²) in [5.74, 6) is 1.57. The molecule has 4 heteroatoms. The third-order valence-corrected chi connectivity index (χ3v) is 4.31. The number of methoxy groups -OCH3 is 1. The number of aryl methyl sites for hydroxylation is 1. The highest BCUT2D eigenvalue weighted by Gasteiger charge is 2.37. The summed E-state index contributed by atoms with van der Waals surface area (Å²) in [6, 6.07) is 5.99. The second-order valence-corrected chi connectivity index (χ2v) is 6.02. The van der Waals surface area contributed by atoms with Crippen molar-refractivity contribution in [3.63, 3.8) is 0 Å². The van der Waals surface area contributed by atoms with Crippen molar-refractivity contribution in [2.45, 2.75) is 46.3 Å². The lowest BCUT2D eigenvalue weighted by Crippen LogP contribution is -2.34. The molecule has 3 atom stereocenters. The summed E-state index contributed by atoms with van der Waals surface area (Å²) < 4.78 is 5.31. The minimum Gasteiger partial charge on any atom is -0.496 e. The molecule has 1 aliphatic heterocycles. The van der Waals surface area contributed by atoms with Crippen LogP contribution in [-0.2, 0) is 4.79 Å². The zero-order valence-electron chi connectivity index (χ0n) is 13.6. The van der Waals surface area contributed by atoms with E-state index in [0.29, 0.717) is 5.92 Å². The fourth-order valence-electron chi connectivity index (χ4n) is 2.78. The summed E-state index contributed by atoms with van der Waals surface area (Å²) >= 11 is 0. The van der Waals surface area contributed by atoms with Crippen LogP contribution in [0.2, 0.25) is 0 Å². The number of carbonyl (C=O) groups excluding carboxylic acids is 1. The van der Waals surface area contributed by atoms with Crippen molar-refractivity contribution >= 4 is 5.91 Å². The smallest absolute Gasteiger partial charge is 0.241 e. The quantitative estimate of drug-likeness (QED) is 0.906. The fraction of sp³-hybridized carbons (Fsp3) is 0.588.